The summed E-state index contributed by atoms with van der Waals surface area (Å²) in [6.45, 7) is 0.696. The number of hydrogen-bond acceptors (Lipinski definition) is 2. The van der Waals surface area contributed by atoms with Gasteiger partial charge < -0.3 is 0 Å². The molecule has 0 aliphatic carbocycles. The average Bonchev–Trinajstić information content (AvgIpc) is 2.46. The molecule has 0 unspecified atom stereocenters. The first-order valence-corrected chi connectivity index (χ1v) is 9.06. The van der Waals surface area contributed by atoms with Crippen LogP contribution in [0.25, 0.3) is 0 Å². The van der Waals surface area contributed by atoms with Gasteiger partial charge in [0.15, 0.2) is 0 Å². The van der Waals surface area contributed by atoms with E-state index in [1.54, 1.807) is 0 Å². The van der Waals surface area contributed by atoms with Crippen LogP contribution in [0.2, 0.25) is 0 Å². The topological polar surface area (TPSA) is 40.6 Å². The Labute approximate surface area is 128 Å². The third-order valence-corrected chi connectivity index (χ3v) is 6.83. The molecule has 4 nitrogen and oxygen atoms in total. The highest BCUT2D eigenvalue weighted by molar-refractivity contribution is 7.86. The molecule has 2 aliphatic rings. The van der Waals surface area contributed by atoms with Gasteiger partial charge in [-0.05, 0) is 31.6 Å². The Morgan fingerprint density at radius 2 is 1.38 bits per heavy atom. The van der Waals surface area contributed by atoms with Crippen LogP contribution in [-0.2, 0) is 10.2 Å². The number of alkyl halides is 4. The molecule has 0 aromatic rings. The minimum atomic E-state index is -4.23. The molecule has 0 radical (unpaired) electrons. The number of rotatable bonds is 3. The van der Waals surface area contributed by atoms with Gasteiger partial charge in [-0.25, -0.2) is 0 Å². The fourth-order valence-corrected chi connectivity index (χ4v) is 4.85. The zero-order chi connectivity index (χ0) is 15.7. The molecule has 0 aromatic carbocycles. The summed E-state index contributed by atoms with van der Waals surface area (Å²) in [5.41, 5.74) is 0. The second-order valence-corrected chi connectivity index (χ2v) is 7.96. The van der Waals surface area contributed by atoms with Crippen LogP contribution >= 0.6 is 11.6 Å². The quantitative estimate of drug-likeness (QED) is 0.735. The molecule has 21 heavy (non-hydrogen) atoms. The Hall–Kier alpha value is -0.0500. The Kier molecular flexibility index (Phi) is 5.44. The van der Waals surface area contributed by atoms with Crippen molar-refractivity contribution < 1.29 is 21.6 Å². The molecule has 2 aliphatic heterocycles. The third kappa shape index (κ3) is 4.03. The summed E-state index contributed by atoms with van der Waals surface area (Å²) in [4.78, 5) is 0. The van der Waals surface area contributed by atoms with Crippen LogP contribution in [0.3, 0.4) is 0 Å². The first-order valence-electron chi connectivity index (χ1n) is 7.13. The SMILES string of the molecule is O=S(=O)(N1CCC(CCl)CC1)N1CCC(C(F)(F)F)CC1. The molecule has 2 saturated heterocycles. The van der Waals surface area contributed by atoms with Crippen LogP contribution in [-0.4, -0.2) is 55.3 Å². The van der Waals surface area contributed by atoms with Crippen LogP contribution in [0.4, 0.5) is 13.2 Å². The van der Waals surface area contributed by atoms with Crippen molar-refractivity contribution in [3.8, 4) is 0 Å². The summed E-state index contributed by atoms with van der Waals surface area (Å²) in [5, 5.41) is 0. The molecule has 0 atom stereocenters. The largest absolute Gasteiger partial charge is 0.391 e. The highest BCUT2D eigenvalue weighted by Gasteiger charge is 2.44. The summed E-state index contributed by atoms with van der Waals surface area (Å²) in [5.74, 6) is -0.537. The summed E-state index contributed by atoms with van der Waals surface area (Å²) < 4.78 is 65.3. The molecule has 124 valence electrons. The van der Waals surface area contributed by atoms with E-state index < -0.39 is 22.3 Å². The standard InChI is InChI=1S/C12H20ClF3N2O2S/c13-9-10-1-5-17(6-2-10)21(19,20)18-7-3-11(4-8-18)12(14,15)16/h10-11H,1-9H2. The molecule has 2 rings (SSSR count). The monoisotopic (exact) mass is 348 g/mol. The fourth-order valence-electron chi connectivity index (χ4n) is 2.87. The second kappa shape index (κ2) is 6.60. The molecule has 0 spiro atoms. The van der Waals surface area contributed by atoms with E-state index in [2.05, 4.69) is 0 Å². The van der Waals surface area contributed by atoms with Gasteiger partial charge in [0.05, 0.1) is 5.92 Å². The van der Waals surface area contributed by atoms with Gasteiger partial charge in [0.2, 0.25) is 0 Å². The van der Waals surface area contributed by atoms with Gasteiger partial charge in [-0.2, -0.15) is 30.2 Å². The Bertz CT molecular complexity index is 442. The molecule has 0 N–H and O–H groups in total. The van der Waals surface area contributed by atoms with Crippen LogP contribution in [0.1, 0.15) is 25.7 Å². The number of halogens is 4. The van der Waals surface area contributed by atoms with E-state index >= 15 is 0 Å². The van der Waals surface area contributed by atoms with E-state index in [9.17, 15) is 21.6 Å². The molecule has 2 fully saturated rings. The Morgan fingerprint density at radius 3 is 1.76 bits per heavy atom. The van der Waals surface area contributed by atoms with Crippen molar-refractivity contribution in [1.29, 1.82) is 0 Å². The third-order valence-electron chi connectivity index (χ3n) is 4.36. The molecule has 2 heterocycles. The zero-order valence-electron chi connectivity index (χ0n) is 11.6. The fraction of sp³-hybridized carbons (Fsp3) is 1.00. The molecule has 0 amide bonds. The summed E-state index contributed by atoms with van der Waals surface area (Å²) in [6.07, 6.45) is -3.11. The predicted octanol–water partition coefficient (Wildman–Crippen LogP) is 2.46. The maximum Gasteiger partial charge on any atom is 0.391 e. The normalized spacial score (nSPS) is 25.3. The summed E-state index contributed by atoms with van der Waals surface area (Å²) in [7, 11) is -3.63. The molecular weight excluding hydrogens is 329 g/mol. The van der Waals surface area contributed by atoms with Crippen LogP contribution < -0.4 is 0 Å². The van der Waals surface area contributed by atoms with Crippen LogP contribution in [0.5, 0.6) is 0 Å². The first kappa shape index (κ1) is 17.3. The van der Waals surface area contributed by atoms with E-state index in [0.29, 0.717) is 37.7 Å². The molecule has 0 bridgehead atoms. The minimum absolute atomic E-state index is 0.0536. The van der Waals surface area contributed by atoms with E-state index in [-0.39, 0.29) is 25.9 Å². The Morgan fingerprint density at radius 1 is 0.952 bits per heavy atom. The van der Waals surface area contributed by atoms with E-state index in [1.807, 2.05) is 0 Å². The average molecular weight is 349 g/mol. The van der Waals surface area contributed by atoms with E-state index in [1.165, 1.54) is 8.61 Å². The molecule has 0 aromatic heterocycles. The maximum absolute atomic E-state index is 12.6. The van der Waals surface area contributed by atoms with Gasteiger partial charge in [-0.3, -0.25) is 0 Å². The molecule has 9 heteroatoms. The van der Waals surface area contributed by atoms with E-state index in [0.717, 1.165) is 0 Å². The maximum atomic E-state index is 12.6. The van der Waals surface area contributed by atoms with Crippen molar-refractivity contribution in [3.63, 3.8) is 0 Å². The Balaban J connectivity index is 1.93. The summed E-state index contributed by atoms with van der Waals surface area (Å²) >= 11 is 5.76. The summed E-state index contributed by atoms with van der Waals surface area (Å²) in [6, 6.07) is 0. The van der Waals surface area contributed by atoms with Gasteiger partial charge in [-0.1, -0.05) is 0 Å². The van der Waals surface area contributed by atoms with Gasteiger partial charge >= 0.3 is 6.18 Å². The number of nitrogens with zero attached hydrogens (tertiary/aromatic N) is 2. The smallest absolute Gasteiger partial charge is 0.195 e. The van der Waals surface area contributed by atoms with Crippen molar-refractivity contribution >= 4 is 21.8 Å². The van der Waals surface area contributed by atoms with E-state index in [4.69, 9.17) is 11.6 Å². The zero-order valence-corrected chi connectivity index (χ0v) is 13.2. The highest BCUT2D eigenvalue weighted by Crippen LogP contribution is 2.35. The van der Waals surface area contributed by atoms with Gasteiger partial charge in [0.25, 0.3) is 10.2 Å². The lowest BCUT2D eigenvalue weighted by Crippen LogP contribution is -2.50. The highest BCUT2D eigenvalue weighted by atomic mass is 35.5. The van der Waals surface area contributed by atoms with Gasteiger partial charge in [0, 0.05) is 32.1 Å². The molecule has 0 saturated carbocycles. The lowest BCUT2D eigenvalue weighted by Gasteiger charge is -2.37. The van der Waals surface area contributed by atoms with Crippen molar-refractivity contribution in [2.24, 2.45) is 11.8 Å². The number of hydrogen-bond donors (Lipinski definition) is 0. The van der Waals surface area contributed by atoms with Crippen molar-refractivity contribution in [2.45, 2.75) is 31.9 Å². The lowest BCUT2D eigenvalue weighted by atomic mass is 9.98. The van der Waals surface area contributed by atoms with Crippen molar-refractivity contribution in [2.75, 3.05) is 32.1 Å². The van der Waals surface area contributed by atoms with Crippen LogP contribution in [0, 0.1) is 11.8 Å². The molecular formula is C12H20ClF3N2O2S. The van der Waals surface area contributed by atoms with Gasteiger partial charge in [-0.15, -0.1) is 11.6 Å². The minimum Gasteiger partial charge on any atom is -0.195 e. The predicted molar refractivity (Wildman–Crippen MR) is 74.3 cm³/mol. The van der Waals surface area contributed by atoms with Crippen LogP contribution in [0.15, 0.2) is 0 Å². The lowest BCUT2D eigenvalue weighted by molar-refractivity contribution is -0.182. The van der Waals surface area contributed by atoms with Crippen molar-refractivity contribution in [3.05, 3.63) is 0 Å². The van der Waals surface area contributed by atoms with Crippen molar-refractivity contribution in [1.82, 2.24) is 8.61 Å². The second-order valence-electron chi connectivity index (χ2n) is 5.72. The number of piperidine rings is 2. The first-order chi connectivity index (χ1) is 9.75. The van der Waals surface area contributed by atoms with Gasteiger partial charge in [0.1, 0.15) is 0 Å².